The second-order valence-corrected chi connectivity index (χ2v) is 3.42. The van der Waals surface area contributed by atoms with E-state index in [1.165, 1.54) is 0 Å². The molecule has 1 rings (SSSR count). The van der Waals surface area contributed by atoms with Crippen molar-refractivity contribution in [2.24, 2.45) is 5.92 Å². The summed E-state index contributed by atoms with van der Waals surface area (Å²) in [7, 11) is 0. The minimum Gasteiger partial charge on any atom is -0.341 e. The molecule has 80 valence electrons. The first-order valence-corrected chi connectivity index (χ1v) is 4.45. The van der Waals surface area contributed by atoms with Crippen LogP contribution in [0.4, 0.5) is 13.2 Å². The van der Waals surface area contributed by atoms with Crippen molar-refractivity contribution in [2.75, 3.05) is 0 Å². The van der Waals surface area contributed by atoms with Crippen LogP contribution >= 0.6 is 0 Å². The van der Waals surface area contributed by atoms with Crippen LogP contribution in [0.2, 0.25) is 0 Å². The van der Waals surface area contributed by atoms with E-state index >= 15 is 0 Å². The van der Waals surface area contributed by atoms with Crippen LogP contribution in [0.5, 0.6) is 0 Å². The van der Waals surface area contributed by atoms with Crippen molar-refractivity contribution in [3.05, 3.63) is 12.7 Å². The summed E-state index contributed by atoms with van der Waals surface area (Å²) in [5, 5.41) is 1.93. The highest BCUT2D eigenvalue weighted by Crippen LogP contribution is 2.37. The van der Waals surface area contributed by atoms with Crippen LogP contribution < -0.4 is 5.32 Å². The van der Waals surface area contributed by atoms with Gasteiger partial charge in [-0.15, -0.1) is 0 Å². The quantitative estimate of drug-likeness (QED) is 0.705. The number of nitrogens with one attached hydrogen (secondary N) is 1. The van der Waals surface area contributed by atoms with Crippen LogP contribution in [0, 0.1) is 5.92 Å². The van der Waals surface area contributed by atoms with Gasteiger partial charge in [0.25, 0.3) is 0 Å². The van der Waals surface area contributed by atoms with E-state index in [1.54, 1.807) is 0 Å². The van der Waals surface area contributed by atoms with Crippen molar-refractivity contribution in [1.82, 2.24) is 5.32 Å². The number of hydrogen-bond acceptors (Lipinski definition) is 1. The van der Waals surface area contributed by atoms with Gasteiger partial charge in [-0.25, -0.2) is 0 Å². The summed E-state index contributed by atoms with van der Waals surface area (Å²) >= 11 is 0. The average molecular weight is 207 g/mol. The van der Waals surface area contributed by atoms with Gasteiger partial charge < -0.3 is 5.32 Å². The first-order chi connectivity index (χ1) is 6.45. The topological polar surface area (TPSA) is 29.1 Å². The third-order valence-corrected chi connectivity index (χ3v) is 2.46. The molecule has 14 heavy (non-hydrogen) atoms. The summed E-state index contributed by atoms with van der Waals surface area (Å²) in [6.07, 6.45) is -1.63. The van der Waals surface area contributed by atoms with E-state index < -0.39 is 24.0 Å². The number of hydrogen-bond donors (Lipinski definition) is 1. The lowest BCUT2D eigenvalue weighted by Gasteiger charge is -2.35. The second kappa shape index (κ2) is 4.02. The Kier molecular flexibility index (Phi) is 3.18. The number of carbonyl (C=O) groups is 1. The van der Waals surface area contributed by atoms with E-state index in [1.807, 2.05) is 5.32 Å². The normalized spacial score (nSPS) is 19.6. The predicted octanol–water partition coefficient (Wildman–Crippen LogP) is 2.02. The molecule has 1 aliphatic carbocycles. The molecular weight excluding hydrogens is 195 g/mol. The van der Waals surface area contributed by atoms with Gasteiger partial charge in [0.15, 0.2) is 0 Å². The highest BCUT2D eigenvalue weighted by Gasteiger charge is 2.46. The first-order valence-electron chi connectivity index (χ1n) is 4.45. The standard InChI is InChI=1S/C9H12F3NO/c1-2-7(14)13-8(9(10,11)12)6-4-3-5-6/h2,6,8H,1,3-5H2,(H,13,14). The Balaban J connectivity index is 2.61. The van der Waals surface area contributed by atoms with Gasteiger partial charge in [0.2, 0.25) is 5.91 Å². The monoisotopic (exact) mass is 207 g/mol. The molecular formula is C9H12F3NO. The number of halogens is 3. The molecule has 0 bridgehead atoms. The highest BCUT2D eigenvalue weighted by atomic mass is 19.4. The maximum atomic E-state index is 12.4. The highest BCUT2D eigenvalue weighted by molar-refractivity contribution is 5.87. The zero-order chi connectivity index (χ0) is 10.8. The molecule has 2 nitrogen and oxygen atoms in total. The Morgan fingerprint density at radius 1 is 1.50 bits per heavy atom. The molecule has 1 N–H and O–H groups in total. The van der Waals surface area contributed by atoms with Gasteiger partial charge >= 0.3 is 6.18 Å². The molecule has 0 aromatic rings. The van der Waals surface area contributed by atoms with Crippen LogP contribution in [0.3, 0.4) is 0 Å². The van der Waals surface area contributed by atoms with Crippen molar-refractivity contribution in [3.63, 3.8) is 0 Å². The van der Waals surface area contributed by atoms with Gasteiger partial charge in [0.1, 0.15) is 6.04 Å². The lowest BCUT2D eigenvalue weighted by Crippen LogP contribution is -2.51. The maximum Gasteiger partial charge on any atom is 0.408 e. The fraction of sp³-hybridized carbons (Fsp3) is 0.667. The van der Waals surface area contributed by atoms with Gasteiger partial charge in [-0.3, -0.25) is 4.79 Å². The zero-order valence-corrected chi connectivity index (χ0v) is 7.60. The Hall–Kier alpha value is -1.00. The Bertz CT molecular complexity index is 233. The molecule has 1 unspecified atom stereocenters. The molecule has 0 radical (unpaired) electrons. The average Bonchev–Trinajstić information content (AvgIpc) is 1.98. The van der Waals surface area contributed by atoms with Crippen LogP contribution in [0.15, 0.2) is 12.7 Å². The van der Waals surface area contributed by atoms with Gasteiger partial charge in [-0.2, -0.15) is 13.2 Å². The smallest absolute Gasteiger partial charge is 0.341 e. The molecule has 5 heteroatoms. The number of rotatable bonds is 3. The van der Waals surface area contributed by atoms with Gasteiger partial charge in [-0.1, -0.05) is 13.0 Å². The van der Waals surface area contributed by atoms with Crippen LogP contribution in [0.25, 0.3) is 0 Å². The maximum absolute atomic E-state index is 12.4. The largest absolute Gasteiger partial charge is 0.408 e. The summed E-state index contributed by atoms with van der Waals surface area (Å²) in [5.74, 6) is -1.22. The molecule has 0 heterocycles. The third-order valence-electron chi connectivity index (χ3n) is 2.46. The summed E-state index contributed by atoms with van der Waals surface area (Å²) < 4.78 is 37.3. The zero-order valence-electron chi connectivity index (χ0n) is 7.60. The Labute approximate surface area is 80.2 Å². The van der Waals surface area contributed by atoms with E-state index in [0.717, 1.165) is 12.5 Å². The van der Waals surface area contributed by atoms with E-state index in [2.05, 4.69) is 6.58 Å². The summed E-state index contributed by atoms with van der Waals surface area (Å²) in [5.41, 5.74) is 0. The number of amides is 1. The van der Waals surface area contributed by atoms with Gasteiger partial charge in [0, 0.05) is 0 Å². The number of alkyl halides is 3. The molecule has 0 spiro atoms. The molecule has 1 atom stereocenters. The minimum absolute atomic E-state index is 0.459. The molecule has 1 fully saturated rings. The summed E-state index contributed by atoms with van der Waals surface area (Å²) in [4.78, 5) is 10.8. The fourth-order valence-electron chi connectivity index (χ4n) is 1.45. The molecule has 0 saturated heterocycles. The molecule has 1 amide bonds. The van der Waals surface area contributed by atoms with E-state index in [0.29, 0.717) is 12.8 Å². The molecule has 0 aromatic heterocycles. The molecule has 1 saturated carbocycles. The summed E-state index contributed by atoms with van der Waals surface area (Å²) in [6.45, 7) is 3.12. The van der Waals surface area contributed by atoms with Crippen molar-refractivity contribution in [2.45, 2.75) is 31.5 Å². The van der Waals surface area contributed by atoms with E-state index in [4.69, 9.17) is 0 Å². The van der Waals surface area contributed by atoms with E-state index in [9.17, 15) is 18.0 Å². The fourth-order valence-corrected chi connectivity index (χ4v) is 1.45. The molecule has 0 aromatic carbocycles. The number of carbonyl (C=O) groups excluding carboxylic acids is 1. The van der Waals surface area contributed by atoms with Crippen LogP contribution in [0.1, 0.15) is 19.3 Å². The lowest BCUT2D eigenvalue weighted by atomic mass is 9.79. The predicted molar refractivity (Wildman–Crippen MR) is 45.5 cm³/mol. The third kappa shape index (κ3) is 2.49. The van der Waals surface area contributed by atoms with E-state index in [-0.39, 0.29) is 0 Å². The lowest BCUT2D eigenvalue weighted by molar-refractivity contribution is -0.176. The Morgan fingerprint density at radius 3 is 2.36 bits per heavy atom. The minimum atomic E-state index is -4.36. The van der Waals surface area contributed by atoms with Crippen molar-refractivity contribution >= 4 is 5.91 Å². The summed E-state index contributed by atoms with van der Waals surface area (Å²) in [6, 6.07) is -1.71. The van der Waals surface area contributed by atoms with Crippen molar-refractivity contribution in [3.8, 4) is 0 Å². The van der Waals surface area contributed by atoms with Gasteiger partial charge in [-0.05, 0) is 24.8 Å². The Morgan fingerprint density at radius 2 is 2.07 bits per heavy atom. The van der Waals surface area contributed by atoms with Crippen LogP contribution in [-0.2, 0) is 4.79 Å². The van der Waals surface area contributed by atoms with Gasteiger partial charge in [0.05, 0.1) is 0 Å². The second-order valence-electron chi connectivity index (χ2n) is 3.42. The van der Waals surface area contributed by atoms with Crippen molar-refractivity contribution in [1.29, 1.82) is 0 Å². The van der Waals surface area contributed by atoms with Crippen LogP contribution in [-0.4, -0.2) is 18.1 Å². The SMILES string of the molecule is C=CC(=O)NC(C1CCC1)C(F)(F)F. The molecule has 0 aliphatic heterocycles. The first kappa shape index (κ1) is 11.1. The molecule has 1 aliphatic rings. The van der Waals surface area contributed by atoms with Crippen molar-refractivity contribution < 1.29 is 18.0 Å².